The van der Waals surface area contributed by atoms with Crippen molar-refractivity contribution in [2.75, 3.05) is 0 Å². The first-order chi connectivity index (χ1) is 23.3. The van der Waals surface area contributed by atoms with E-state index in [1.807, 2.05) is 0 Å². The Morgan fingerprint density at radius 1 is 0.319 bits per heavy atom. The fraction of sp³-hybridized carbons (Fsp3) is 0.0455. The lowest BCUT2D eigenvalue weighted by molar-refractivity contribution is 1.11. The molecule has 7 aromatic carbocycles. The third-order valence-corrected chi connectivity index (χ3v) is 9.99. The van der Waals surface area contributed by atoms with E-state index in [2.05, 4.69) is 178 Å². The monoisotopic (exact) mass is 601 g/mol. The lowest BCUT2D eigenvalue weighted by atomic mass is 10.1. The third kappa shape index (κ3) is 3.74. The van der Waals surface area contributed by atoms with Crippen molar-refractivity contribution in [3.8, 4) is 17.1 Å². The fourth-order valence-corrected chi connectivity index (χ4v) is 7.87. The molecule has 3 heterocycles. The molecule has 0 unspecified atom stereocenters. The molecule has 0 amide bonds. The summed E-state index contributed by atoms with van der Waals surface area (Å²) < 4.78 is 7.28. The minimum atomic E-state index is 1.00. The molecule has 222 valence electrons. The molecule has 0 N–H and O–H groups in total. The van der Waals surface area contributed by atoms with Crippen molar-refractivity contribution >= 4 is 65.4 Å². The van der Waals surface area contributed by atoms with Gasteiger partial charge < -0.3 is 13.7 Å². The van der Waals surface area contributed by atoms with Crippen LogP contribution in [0.4, 0.5) is 0 Å². The van der Waals surface area contributed by atoms with Crippen molar-refractivity contribution in [1.82, 2.24) is 13.7 Å². The average molecular weight is 602 g/mol. The van der Waals surface area contributed by atoms with Crippen LogP contribution in [0.2, 0.25) is 0 Å². The molecular weight excluding hydrogens is 571 g/mol. The van der Waals surface area contributed by atoms with Crippen LogP contribution < -0.4 is 0 Å². The number of rotatable bonds is 4. The highest BCUT2D eigenvalue weighted by atomic mass is 15.0. The Labute approximate surface area is 272 Å². The summed E-state index contributed by atoms with van der Waals surface area (Å²) in [5.41, 5.74) is 12.2. The van der Waals surface area contributed by atoms with Gasteiger partial charge in [0.15, 0.2) is 0 Å². The molecule has 0 atom stereocenters. The highest BCUT2D eigenvalue weighted by molar-refractivity contribution is 6.14. The Hall–Kier alpha value is -6.06. The molecule has 0 fully saturated rings. The van der Waals surface area contributed by atoms with E-state index in [9.17, 15) is 0 Å². The van der Waals surface area contributed by atoms with Crippen molar-refractivity contribution < 1.29 is 0 Å². The summed E-state index contributed by atoms with van der Waals surface area (Å²) in [6, 6.07) is 57.9. The molecule has 3 nitrogen and oxygen atoms in total. The topological polar surface area (TPSA) is 14.8 Å². The lowest BCUT2D eigenvalue weighted by Gasteiger charge is -2.11. The zero-order valence-corrected chi connectivity index (χ0v) is 26.1. The summed E-state index contributed by atoms with van der Waals surface area (Å²) in [6.45, 7) is 2.22. The van der Waals surface area contributed by atoms with Gasteiger partial charge >= 0.3 is 0 Å². The number of aromatic nitrogens is 3. The average Bonchev–Trinajstić information content (AvgIpc) is 3.77. The Morgan fingerprint density at radius 3 is 1.09 bits per heavy atom. The Morgan fingerprint density at radius 2 is 0.681 bits per heavy atom. The van der Waals surface area contributed by atoms with Crippen molar-refractivity contribution in [2.24, 2.45) is 0 Å². The third-order valence-electron chi connectivity index (χ3n) is 9.99. The fourth-order valence-electron chi connectivity index (χ4n) is 7.87. The van der Waals surface area contributed by atoms with Crippen LogP contribution >= 0.6 is 0 Å². The van der Waals surface area contributed by atoms with Crippen molar-refractivity contribution in [3.63, 3.8) is 0 Å². The van der Waals surface area contributed by atoms with Crippen molar-refractivity contribution in [2.45, 2.75) is 13.3 Å². The van der Waals surface area contributed by atoms with Gasteiger partial charge in [-0.05, 0) is 84.8 Å². The summed E-state index contributed by atoms with van der Waals surface area (Å²) in [6.07, 6.45) is 1.00. The normalized spacial score (nSPS) is 12.0. The van der Waals surface area contributed by atoms with Gasteiger partial charge in [0.1, 0.15) is 0 Å². The van der Waals surface area contributed by atoms with Gasteiger partial charge in [-0.15, -0.1) is 0 Å². The minimum absolute atomic E-state index is 1.00. The molecule has 0 aliphatic heterocycles. The highest BCUT2D eigenvalue weighted by Gasteiger charge is 2.18. The van der Waals surface area contributed by atoms with Gasteiger partial charge in [0.25, 0.3) is 0 Å². The van der Waals surface area contributed by atoms with Crippen LogP contribution in [0.5, 0.6) is 0 Å². The maximum absolute atomic E-state index is 2.44. The Bertz CT molecular complexity index is 2560. The molecule has 0 bridgehead atoms. The quantitative estimate of drug-likeness (QED) is 0.191. The zero-order valence-electron chi connectivity index (χ0n) is 26.1. The maximum atomic E-state index is 2.44. The molecule has 0 radical (unpaired) electrons. The van der Waals surface area contributed by atoms with E-state index in [1.165, 1.54) is 88.0 Å². The summed E-state index contributed by atoms with van der Waals surface area (Å²) in [5, 5.41) is 7.57. The van der Waals surface area contributed by atoms with Gasteiger partial charge in [-0.1, -0.05) is 91.9 Å². The molecular formula is C44H31N3. The van der Waals surface area contributed by atoms with Gasteiger partial charge in [-0.2, -0.15) is 0 Å². The predicted octanol–water partition coefficient (Wildman–Crippen LogP) is 11.5. The van der Waals surface area contributed by atoms with Gasteiger partial charge in [0.2, 0.25) is 0 Å². The van der Waals surface area contributed by atoms with Crippen LogP contribution in [0.25, 0.3) is 82.5 Å². The van der Waals surface area contributed by atoms with Crippen molar-refractivity contribution in [3.05, 3.63) is 163 Å². The van der Waals surface area contributed by atoms with E-state index in [1.54, 1.807) is 0 Å². The van der Waals surface area contributed by atoms with Gasteiger partial charge in [0.05, 0.1) is 33.1 Å². The number of para-hydroxylation sites is 4. The van der Waals surface area contributed by atoms with Crippen LogP contribution in [0, 0.1) is 0 Å². The maximum Gasteiger partial charge on any atom is 0.0542 e. The molecule has 0 spiro atoms. The highest BCUT2D eigenvalue weighted by Crippen LogP contribution is 2.39. The molecule has 0 saturated carbocycles. The standard InChI is InChI=1S/C44H31N3/c1-2-29-12-11-13-30(26-29)45-43-24-22-31(46-39-18-7-3-14-33(39)34-15-4-8-19-40(34)46)27-37(43)38-28-32(23-25-44(38)45)47-41-20-9-5-16-35(41)36-17-6-10-21-42(36)47/h3-28H,2H2,1H3. The number of hydrogen-bond donors (Lipinski definition) is 0. The molecule has 10 aromatic rings. The Balaban J connectivity index is 1.30. The summed E-state index contributed by atoms with van der Waals surface area (Å²) >= 11 is 0. The van der Waals surface area contributed by atoms with E-state index < -0.39 is 0 Å². The molecule has 0 aliphatic carbocycles. The van der Waals surface area contributed by atoms with Crippen molar-refractivity contribution in [1.29, 1.82) is 0 Å². The number of fused-ring (bicyclic) bond motifs is 9. The van der Waals surface area contributed by atoms with Crippen LogP contribution in [-0.4, -0.2) is 13.7 Å². The Kier molecular flexibility index (Phi) is 5.55. The molecule has 3 heteroatoms. The molecule has 3 aromatic heterocycles. The molecule has 0 aliphatic rings. The first-order valence-electron chi connectivity index (χ1n) is 16.4. The number of aryl methyl sites for hydroxylation is 1. The number of nitrogens with zero attached hydrogens (tertiary/aromatic N) is 3. The van der Waals surface area contributed by atoms with Gasteiger partial charge in [-0.25, -0.2) is 0 Å². The molecule has 0 saturated heterocycles. The van der Waals surface area contributed by atoms with Crippen LogP contribution in [0.1, 0.15) is 12.5 Å². The first kappa shape index (κ1) is 26.2. The zero-order chi connectivity index (χ0) is 31.1. The van der Waals surface area contributed by atoms with Crippen LogP contribution in [0.3, 0.4) is 0 Å². The second-order valence-electron chi connectivity index (χ2n) is 12.5. The largest absolute Gasteiger partial charge is 0.309 e. The van der Waals surface area contributed by atoms with E-state index in [0.29, 0.717) is 0 Å². The first-order valence-corrected chi connectivity index (χ1v) is 16.4. The van der Waals surface area contributed by atoms with Gasteiger partial charge in [-0.3, -0.25) is 0 Å². The number of benzene rings is 7. The summed E-state index contributed by atoms with van der Waals surface area (Å²) in [5.74, 6) is 0. The van der Waals surface area contributed by atoms with E-state index in [0.717, 1.165) is 6.42 Å². The van der Waals surface area contributed by atoms with Crippen LogP contribution in [0.15, 0.2) is 158 Å². The second kappa shape index (κ2) is 9.97. The van der Waals surface area contributed by atoms with E-state index in [-0.39, 0.29) is 0 Å². The molecule has 47 heavy (non-hydrogen) atoms. The van der Waals surface area contributed by atoms with E-state index >= 15 is 0 Å². The SMILES string of the molecule is CCc1cccc(-n2c3ccc(-n4c5ccccc5c5ccccc54)cc3c3cc(-n4c5ccccc5c5ccccc54)ccc32)c1. The molecule has 10 rings (SSSR count). The summed E-state index contributed by atoms with van der Waals surface area (Å²) in [7, 11) is 0. The lowest BCUT2D eigenvalue weighted by Crippen LogP contribution is -1.97. The van der Waals surface area contributed by atoms with Gasteiger partial charge in [0, 0.05) is 49.4 Å². The second-order valence-corrected chi connectivity index (χ2v) is 12.5. The summed E-state index contributed by atoms with van der Waals surface area (Å²) in [4.78, 5) is 0. The minimum Gasteiger partial charge on any atom is -0.309 e. The van der Waals surface area contributed by atoms with Crippen LogP contribution in [-0.2, 0) is 6.42 Å². The predicted molar refractivity (Wildman–Crippen MR) is 199 cm³/mol. The number of hydrogen-bond acceptors (Lipinski definition) is 0. The van der Waals surface area contributed by atoms with E-state index in [4.69, 9.17) is 0 Å². The smallest absolute Gasteiger partial charge is 0.0542 e.